The van der Waals surface area contributed by atoms with Gasteiger partial charge in [0.15, 0.2) is 0 Å². The Morgan fingerprint density at radius 2 is 1.86 bits per heavy atom. The van der Waals surface area contributed by atoms with E-state index in [1.807, 2.05) is 54.3 Å². The Morgan fingerprint density at radius 1 is 1.10 bits per heavy atom. The number of rotatable bonds is 5. The summed E-state index contributed by atoms with van der Waals surface area (Å²) >= 11 is 0. The van der Waals surface area contributed by atoms with Crippen molar-refractivity contribution in [3.8, 4) is 5.75 Å². The lowest BCUT2D eigenvalue weighted by atomic mass is 10.1. The third-order valence-electron chi connectivity index (χ3n) is 5.49. The maximum Gasteiger partial charge on any atom is 0.228 e. The fourth-order valence-electron chi connectivity index (χ4n) is 4.02. The Labute approximate surface area is 170 Å². The molecule has 2 aromatic rings. The van der Waals surface area contributed by atoms with Gasteiger partial charge in [0.1, 0.15) is 11.6 Å². The van der Waals surface area contributed by atoms with E-state index < -0.39 is 0 Å². The van der Waals surface area contributed by atoms with Gasteiger partial charge in [-0.2, -0.15) is 0 Å². The number of benzene rings is 1. The number of nitrogens with zero attached hydrogens (tertiary/aromatic N) is 4. The van der Waals surface area contributed by atoms with Crippen LogP contribution in [0, 0.1) is 5.92 Å². The molecule has 0 unspecified atom stereocenters. The summed E-state index contributed by atoms with van der Waals surface area (Å²) in [5.41, 5.74) is 0.745. The third kappa shape index (κ3) is 4.04. The molecule has 0 spiro atoms. The predicted molar refractivity (Wildman–Crippen MR) is 111 cm³/mol. The number of carbonyl (C=O) groups excluding carboxylic acids is 2. The normalized spacial score (nSPS) is 19.6. The number of para-hydroxylation sites is 2. The molecule has 1 aromatic heterocycles. The summed E-state index contributed by atoms with van der Waals surface area (Å²) in [4.78, 5) is 35.9. The lowest BCUT2D eigenvalue weighted by molar-refractivity contribution is -0.136. The van der Waals surface area contributed by atoms with Gasteiger partial charge in [0.25, 0.3) is 0 Å². The van der Waals surface area contributed by atoms with Crippen LogP contribution in [0.5, 0.6) is 5.75 Å². The van der Waals surface area contributed by atoms with Crippen LogP contribution in [0.3, 0.4) is 0 Å². The van der Waals surface area contributed by atoms with Crippen molar-refractivity contribution in [1.82, 2.24) is 9.88 Å². The number of carbonyl (C=O) groups is 2. The van der Waals surface area contributed by atoms with E-state index >= 15 is 0 Å². The molecule has 3 heterocycles. The van der Waals surface area contributed by atoms with Gasteiger partial charge in [0.05, 0.1) is 18.2 Å². The number of piperazine rings is 1. The quantitative estimate of drug-likeness (QED) is 0.778. The third-order valence-corrected chi connectivity index (χ3v) is 5.49. The summed E-state index contributed by atoms with van der Waals surface area (Å²) < 4.78 is 5.66. The van der Waals surface area contributed by atoms with E-state index in [4.69, 9.17) is 4.74 Å². The molecule has 0 N–H and O–H groups in total. The van der Waals surface area contributed by atoms with Gasteiger partial charge >= 0.3 is 0 Å². The van der Waals surface area contributed by atoms with Gasteiger partial charge in [0, 0.05) is 45.3 Å². The molecule has 2 fully saturated rings. The first-order valence-electron chi connectivity index (χ1n) is 10.1. The molecule has 29 heavy (non-hydrogen) atoms. The topological polar surface area (TPSA) is 66.0 Å². The Kier molecular flexibility index (Phi) is 5.64. The number of hydrogen-bond donors (Lipinski definition) is 0. The molecule has 0 saturated carbocycles. The summed E-state index contributed by atoms with van der Waals surface area (Å²) in [6.45, 7) is 5.65. The van der Waals surface area contributed by atoms with Crippen LogP contribution in [0.1, 0.15) is 13.3 Å². The van der Waals surface area contributed by atoms with E-state index in [2.05, 4.69) is 9.88 Å². The first kappa shape index (κ1) is 19.2. The van der Waals surface area contributed by atoms with Crippen molar-refractivity contribution < 1.29 is 14.3 Å². The number of hydrogen-bond acceptors (Lipinski definition) is 5. The van der Waals surface area contributed by atoms with Crippen LogP contribution >= 0.6 is 0 Å². The molecule has 7 nitrogen and oxygen atoms in total. The van der Waals surface area contributed by atoms with Gasteiger partial charge in [-0.1, -0.05) is 18.2 Å². The SMILES string of the molecule is CCOc1ccccc1N1C[C@H](C(=O)N2CCN(c3ccccn3)CC2)CC1=O. The monoisotopic (exact) mass is 394 g/mol. The molecule has 1 atom stereocenters. The van der Waals surface area contributed by atoms with E-state index in [9.17, 15) is 9.59 Å². The highest BCUT2D eigenvalue weighted by molar-refractivity contribution is 6.01. The second kappa shape index (κ2) is 8.51. The molecule has 0 radical (unpaired) electrons. The molecular weight excluding hydrogens is 368 g/mol. The summed E-state index contributed by atoms with van der Waals surface area (Å²) in [6, 6.07) is 13.4. The van der Waals surface area contributed by atoms with Crippen LogP contribution < -0.4 is 14.5 Å². The first-order chi connectivity index (χ1) is 14.2. The lowest BCUT2D eigenvalue weighted by Gasteiger charge is -2.36. The zero-order valence-electron chi connectivity index (χ0n) is 16.7. The minimum absolute atomic E-state index is 0.0253. The Hall–Kier alpha value is -3.09. The Balaban J connectivity index is 1.39. The molecule has 2 saturated heterocycles. The highest BCUT2D eigenvalue weighted by Gasteiger charge is 2.38. The lowest BCUT2D eigenvalue weighted by Crippen LogP contribution is -2.51. The second-order valence-corrected chi connectivity index (χ2v) is 7.31. The van der Waals surface area contributed by atoms with Crippen LogP contribution in [0.4, 0.5) is 11.5 Å². The van der Waals surface area contributed by atoms with Crippen molar-refractivity contribution in [1.29, 1.82) is 0 Å². The van der Waals surface area contributed by atoms with Crippen LogP contribution in [0.25, 0.3) is 0 Å². The van der Waals surface area contributed by atoms with Crippen LogP contribution in [-0.4, -0.2) is 61.0 Å². The van der Waals surface area contributed by atoms with Crippen molar-refractivity contribution in [2.75, 3.05) is 49.1 Å². The molecule has 152 valence electrons. The average Bonchev–Trinajstić information content (AvgIpc) is 3.16. The molecule has 0 bridgehead atoms. The zero-order valence-corrected chi connectivity index (χ0v) is 16.7. The number of ether oxygens (including phenoxy) is 1. The number of amides is 2. The maximum absolute atomic E-state index is 13.1. The molecule has 1 aromatic carbocycles. The van der Waals surface area contributed by atoms with Gasteiger partial charge in [-0.3, -0.25) is 9.59 Å². The van der Waals surface area contributed by atoms with Gasteiger partial charge in [-0.25, -0.2) is 4.98 Å². The van der Waals surface area contributed by atoms with E-state index in [1.54, 1.807) is 11.1 Å². The number of anilines is 2. The summed E-state index contributed by atoms with van der Waals surface area (Å²) in [7, 11) is 0. The van der Waals surface area contributed by atoms with Crippen molar-refractivity contribution in [3.63, 3.8) is 0 Å². The van der Waals surface area contributed by atoms with E-state index in [0.29, 0.717) is 32.0 Å². The fourth-order valence-corrected chi connectivity index (χ4v) is 4.02. The molecule has 2 aliphatic heterocycles. The number of pyridine rings is 1. The largest absolute Gasteiger partial charge is 0.492 e. The first-order valence-corrected chi connectivity index (χ1v) is 10.1. The molecule has 4 rings (SSSR count). The smallest absolute Gasteiger partial charge is 0.228 e. The predicted octanol–water partition coefficient (Wildman–Crippen LogP) is 2.18. The molecule has 2 amide bonds. The minimum atomic E-state index is -0.307. The summed E-state index contributed by atoms with van der Waals surface area (Å²) in [5, 5.41) is 0. The minimum Gasteiger partial charge on any atom is -0.492 e. The highest BCUT2D eigenvalue weighted by atomic mass is 16.5. The van der Waals surface area contributed by atoms with Crippen molar-refractivity contribution >= 4 is 23.3 Å². The Bertz CT molecular complexity index is 865. The molecule has 0 aliphatic carbocycles. The summed E-state index contributed by atoms with van der Waals surface area (Å²) in [5.74, 6) is 1.35. The Morgan fingerprint density at radius 3 is 2.59 bits per heavy atom. The average molecular weight is 394 g/mol. The zero-order chi connectivity index (χ0) is 20.2. The van der Waals surface area contributed by atoms with E-state index in [0.717, 1.165) is 24.6 Å². The molecule has 7 heteroatoms. The summed E-state index contributed by atoms with van der Waals surface area (Å²) in [6.07, 6.45) is 2.03. The standard InChI is InChI=1S/C22H26N4O3/c1-2-29-19-8-4-3-7-18(19)26-16-17(15-21(26)27)22(28)25-13-11-24(12-14-25)20-9-5-6-10-23-20/h3-10,17H,2,11-16H2,1H3/t17-/m1/s1. The van der Waals surface area contributed by atoms with Gasteiger partial charge in [-0.15, -0.1) is 0 Å². The van der Waals surface area contributed by atoms with Crippen LogP contribution in [0.2, 0.25) is 0 Å². The fraction of sp³-hybridized carbons (Fsp3) is 0.409. The van der Waals surface area contributed by atoms with Gasteiger partial charge < -0.3 is 19.4 Å². The maximum atomic E-state index is 13.1. The van der Waals surface area contributed by atoms with Crippen molar-refractivity contribution in [2.24, 2.45) is 5.92 Å². The molecule has 2 aliphatic rings. The second-order valence-electron chi connectivity index (χ2n) is 7.31. The van der Waals surface area contributed by atoms with E-state index in [-0.39, 0.29) is 24.2 Å². The van der Waals surface area contributed by atoms with Crippen molar-refractivity contribution in [2.45, 2.75) is 13.3 Å². The molecular formula is C22H26N4O3. The van der Waals surface area contributed by atoms with Gasteiger partial charge in [-0.05, 0) is 31.2 Å². The van der Waals surface area contributed by atoms with Crippen LogP contribution in [-0.2, 0) is 9.59 Å². The van der Waals surface area contributed by atoms with Crippen LogP contribution in [0.15, 0.2) is 48.7 Å². The highest BCUT2D eigenvalue weighted by Crippen LogP contribution is 2.33. The van der Waals surface area contributed by atoms with E-state index in [1.165, 1.54) is 0 Å². The van der Waals surface area contributed by atoms with Gasteiger partial charge in [0.2, 0.25) is 11.8 Å². The number of aromatic nitrogens is 1. The van der Waals surface area contributed by atoms with Crippen molar-refractivity contribution in [3.05, 3.63) is 48.7 Å².